The molecule has 1 amide bonds. The summed E-state index contributed by atoms with van der Waals surface area (Å²) in [6.07, 6.45) is 5.07. The van der Waals surface area contributed by atoms with E-state index in [1.807, 2.05) is 27.8 Å². The van der Waals surface area contributed by atoms with E-state index in [9.17, 15) is 9.59 Å². The summed E-state index contributed by atoms with van der Waals surface area (Å²) < 4.78 is 0. The number of hydrogen-bond acceptors (Lipinski definition) is 2. The molecule has 0 bridgehead atoms. The monoisotopic (exact) mass is 365 g/mol. The Hall–Kier alpha value is -1.12. The second-order valence-corrected chi connectivity index (χ2v) is 10.3. The van der Waals surface area contributed by atoms with Crippen LogP contribution < -0.4 is 0 Å². The zero-order chi connectivity index (χ0) is 20.7. The molecule has 26 heavy (non-hydrogen) atoms. The number of hydrogen-bond donors (Lipinski definition) is 0. The maximum absolute atomic E-state index is 12.1. The fourth-order valence-corrected chi connectivity index (χ4v) is 3.52. The third kappa shape index (κ3) is 10.1. The summed E-state index contributed by atoms with van der Waals surface area (Å²) in [5, 5.41) is 0. The molecule has 3 heteroatoms. The highest BCUT2D eigenvalue weighted by Crippen LogP contribution is 2.33. The fraction of sp³-hybridized carbons (Fsp3) is 0.826. The molecule has 0 spiro atoms. The van der Waals surface area contributed by atoms with E-state index in [1.165, 1.54) is 0 Å². The average Bonchev–Trinajstić information content (AvgIpc) is 2.47. The summed E-state index contributed by atoms with van der Waals surface area (Å²) in [7, 11) is 1.86. The molecule has 0 saturated heterocycles. The average molecular weight is 366 g/mol. The van der Waals surface area contributed by atoms with Crippen LogP contribution in [-0.4, -0.2) is 30.2 Å². The van der Waals surface area contributed by atoms with Gasteiger partial charge in [-0.1, -0.05) is 61.5 Å². The van der Waals surface area contributed by atoms with Gasteiger partial charge < -0.3 is 4.90 Å². The molecule has 0 aliphatic rings. The third-order valence-corrected chi connectivity index (χ3v) is 5.21. The molecule has 0 aliphatic carbocycles. The maximum Gasteiger partial charge on any atom is 0.248 e. The summed E-state index contributed by atoms with van der Waals surface area (Å²) in [5.41, 5.74) is 0.619. The second-order valence-electron chi connectivity index (χ2n) is 10.3. The van der Waals surface area contributed by atoms with Crippen LogP contribution in [0.25, 0.3) is 0 Å². The highest BCUT2D eigenvalue weighted by Gasteiger charge is 2.25. The molecule has 0 heterocycles. The van der Waals surface area contributed by atoms with E-state index in [0.29, 0.717) is 29.6 Å². The van der Waals surface area contributed by atoms with Gasteiger partial charge in [-0.3, -0.25) is 9.59 Å². The molecular weight excluding hydrogens is 322 g/mol. The minimum Gasteiger partial charge on any atom is -0.342 e. The molecule has 2 atom stereocenters. The largest absolute Gasteiger partial charge is 0.342 e. The molecule has 0 N–H and O–H groups in total. The van der Waals surface area contributed by atoms with Crippen molar-refractivity contribution in [3.05, 3.63) is 12.2 Å². The topological polar surface area (TPSA) is 37.4 Å². The molecule has 0 aromatic heterocycles. The first kappa shape index (κ1) is 24.9. The first-order valence-electron chi connectivity index (χ1n) is 10.1. The van der Waals surface area contributed by atoms with Crippen LogP contribution in [0.4, 0.5) is 0 Å². The minimum atomic E-state index is -0.221. The Kier molecular flexibility index (Phi) is 9.83. The lowest BCUT2D eigenvalue weighted by atomic mass is 9.77. The number of amides is 1. The van der Waals surface area contributed by atoms with E-state index in [-0.39, 0.29) is 16.7 Å². The Morgan fingerprint density at radius 2 is 1.54 bits per heavy atom. The van der Waals surface area contributed by atoms with Gasteiger partial charge in [0, 0.05) is 31.0 Å². The smallest absolute Gasteiger partial charge is 0.248 e. The van der Waals surface area contributed by atoms with Crippen molar-refractivity contribution >= 4 is 11.7 Å². The van der Waals surface area contributed by atoms with E-state index in [1.54, 1.807) is 11.8 Å². The lowest BCUT2D eigenvalue weighted by Crippen LogP contribution is -2.33. The third-order valence-electron chi connectivity index (χ3n) is 5.21. The molecule has 0 rings (SSSR count). The Bertz CT molecular complexity index is 485. The van der Waals surface area contributed by atoms with E-state index in [2.05, 4.69) is 34.3 Å². The number of likely N-dealkylation sites (N-methyl/N-ethyl adjacent to an activating group) is 1. The minimum absolute atomic E-state index is 0.0341. The molecule has 0 fully saturated rings. The van der Waals surface area contributed by atoms with Crippen LogP contribution in [0.15, 0.2) is 12.2 Å². The van der Waals surface area contributed by atoms with Gasteiger partial charge in [0.25, 0.3) is 0 Å². The number of ketones is 1. The van der Waals surface area contributed by atoms with E-state index < -0.39 is 0 Å². The quantitative estimate of drug-likeness (QED) is 0.428. The zero-order valence-electron chi connectivity index (χ0n) is 18.9. The number of carbonyl (C=O) groups excluding carboxylic acids is 2. The summed E-state index contributed by atoms with van der Waals surface area (Å²) in [6, 6.07) is 0. The van der Waals surface area contributed by atoms with Gasteiger partial charge in [0.1, 0.15) is 5.78 Å². The predicted molar refractivity (Wildman–Crippen MR) is 112 cm³/mol. The van der Waals surface area contributed by atoms with Gasteiger partial charge in [-0.2, -0.15) is 0 Å². The van der Waals surface area contributed by atoms with Crippen molar-refractivity contribution in [2.24, 2.45) is 22.7 Å². The van der Waals surface area contributed by atoms with Gasteiger partial charge in [-0.05, 0) is 43.4 Å². The van der Waals surface area contributed by atoms with Gasteiger partial charge >= 0.3 is 0 Å². The number of nitrogens with zero attached hydrogens (tertiary/aromatic N) is 1. The Morgan fingerprint density at radius 3 is 2.00 bits per heavy atom. The summed E-state index contributed by atoms with van der Waals surface area (Å²) in [5.74, 6) is 1.42. The number of rotatable bonds is 11. The number of carbonyl (C=O) groups is 2. The Labute approximate surface area is 162 Å². The Balaban J connectivity index is 4.33. The van der Waals surface area contributed by atoms with Crippen LogP contribution in [0.3, 0.4) is 0 Å². The van der Waals surface area contributed by atoms with E-state index in [4.69, 9.17) is 0 Å². The maximum atomic E-state index is 12.1. The van der Waals surface area contributed by atoms with Crippen molar-refractivity contribution in [3.63, 3.8) is 0 Å². The van der Waals surface area contributed by atoms with Crippen molar-refractivity contribution in [2.45, 2.75) is 87.5 Å². The summed E-state index contributed by atoms with van der Waals surface area (Å²) in [4.78, 5) is 25.8. The van der Waals surface area contributed by atoms with Crippen LogP contribution in [-0.2, 0) is 9.59 Å². The van der Waals surface area contributed by atoms with Crippen molar-refractivity contribution < 1.29 is 9.59 Å². The first-order chi connectivity index (χ1) is 11.7. The fourth-order valence-electron chi connectivity index (χ4n) is 3.52. The standard InChI is InChI=1S/C23H43NO2/c1-17(2)21(26)24(10)16-19(4)15-23(8,9)14-13-18(3)11-12-20(25)22(5,6)7/h18-19H,1,11-16H2,2-10H3. The lowest BCUT2D eigenvalue weighted by molar-refractivity contribution is -0.127. The van der Waals surface area contributed by atoms with Gasteiger partial charge in [-0.25, -0.2) is 0 Å². The molecule has 0 aliphatic heterocycles. The molecule has 3 nitrogen and oxygen atoms in total. The van der Waals surface area contributed by atoms with Gasteiger partial charge in [0.15, 0.2) is 0 Å². The molecular formula is C23H43NO2. The molecule has 0 saturated carbocycles. The molecule has 0 radical (unpaired) electrons. The summed E-state index contributed by atoms with van der Waals surface area (Å²) in [6.45, 7) is 21.4. The van der Waals surface area contributed by atoms with E-state index >= 15 is 0 Å². The molecule has 152 valence electrons. The first-order valence-corrected chi connectivity index (χ1v) is 10.1. The van der Waals surface area contributed by atoms with Crippen LogP contribution in [0, 0.1) is 22.7 Å². The van der Waals surface area contributed by atoms with Gasteiger partial charge in [-0.15, -0.1) is 0 Å². The highest BCUT2D eigenvalue weighted by molar-refractivity contribution is 5.91. The van der Waals surface area contributed by atoms with Gasteiger partial charge in [0.2, 0.25) is 5.91 Å². The predicted octanol–water partition coefficient (Wildman–Crippen LogP) is 5.89. The van der Waals surface area contributed by atoms with Crippen molar-refractivity contribution in [2.75, 3.05) is 13.6 Å². The SMILES string of the molecule is C=C(C)C(=O)N(C)CC(C)CC(C)(C)CCC(C)CCC(=O)C(C)(C)C. The lowest BCUT2D eigenvalue weighted by Gasteiger charge is -2.31. The van der Waals surface area contributed by atoms with Crippen molar-refractivity contribution in [1.82, 2.24) is 4.90 Å². The Morgan fingerprint density at radius 1 is 1.00 bits per heavy atom. The molecule has 2 unspecified atom stereocenters. The van der Waals surface area contributed by atoms with Gasteiger partial charge in [0.05, 0.1) is 0 Å². The van der Waals surface area contributed by atoms with Crippen molar-refractivity contribution in [3.8, 4) is 0 Å². The highest BCUT2D eigenvalue weighted by atomic mass is 16.2. The van der Waals surface area contributed by atoms with Crippen LogP contribution in [0.1, 0.15) is 87.5 Å². The number of Topliss-reactive ketones (excluding diaryl/α,β-unsaturated/α-hetero) is 1. The summed E-state index contributed by atoms with van der Waals surface area (Å²) >= 11 is 0. The van der Waals surface area contributed by atoms with E-state index in [0.717, 1.165) is 32.2 Å². The van der Waals surface area contributed by atoms with Crippen LogP contribution >= 0.6 is 0 Å². The van der Waals surface area contributed by atoms with Crippen molar-refractivity contribution in [1.29, 1.82) is 0 Å². The van der Waals surface area contributed by atoms with Crippen LogP contribution in [0.5, 0.6) is 0 Å². The van der Waals surface area contributed by atoms with Crippen LogP contribution in [0.2, 0.25) is 0 Å². The normalized spacial score (nSPS) is 14.7. The zero-order valence-corrected chi connectivity index (χ0v) is 18.9. The second kappa shape index (κ2) is 10.3. The molecule has 0 aromatic rings. The molecule has 0 aromatic carbocycles.